The Hall–Kier alpha value is -0.0800. The van der Waals surface area contributed by atoms with Crippen molar-refractivity contribution in [3.05, 3.63) is 0 Å². The van der Waals surface area contributed by atoms with Crippen molar-refractivity contribution in [2.75, 3.05) is 20.1 Å². The molecule has 1 atom stereocenters. The maximum absolute atomic E-state index is 3.38. The van der Waals surface area contributed by atoms with Gasteiger partial charge in [-0.05, 0) is 38.1 Å². The molecular weight excluding hydrogens is 172 g/mol. The van der Waals surface area contributed by atoms with Crippen molar-refractivity contribution in [2.45, 2.75) is 44.2 Å². The van der Waals surface area contributed by atoms with Crippen molar-refractivity contribution in [2.24, 2.45) is 11.8 Å². The molecule has 0 aromatic rings. The van der Waals surface area contributed by atoms with Crippen LogP contribution >= 0.6 is 0 Å². The summed E-state index contributed by atoms with van der Waals surface area (Å²) in [6.45, 7) is 2.45. The first kappa shape index (κ1) is 9.17. The van der Waals surface area contributed by atoms with Gasteiger partial charge in [0.2, 0.25) is 0 Å². The number of likely N-dealkylation sites (N-methyl/N-ethyl adjacent to an activating group) is 1. The van der Waals surface area contributed by atoms with Gasteiger partial charge >= 0.3 is 0 Å². The summed E-state index contributed by atoms with van der Waals surface area (Å²) in [5.41, 5.74) is 0. The van der Waals surface area contributed by atoms with E-state index in [-0.39, 0.29) is 0 Å². The molecule has 1 unspecified atom stereocenters. The first-order valence-electron chi connectivity index (χ1n) is 6.27. The Balaban J connectivity index is 1.66. The van der Waals surface area contributed by atoms with Crippen molar-refractivity contribution in [3.8, 4) is 0 Å². The molecule has 0 aromatic carbocycles. The van der Waals surface area contributed by atoms with Gasteiger partial charge in [-0.3, -0.25) is 4.90 Å². The fraction of sp³-hybridized carbons (Fsp3) is 1.00. The summed E-state index contributed by atoms with van der Waals surface area (Å²) < 4.78 is 0. The molecule has 2 heteroatoms. The number of nitrogens with one attached hydrogen (secondary N) is 1. The summed E-state index contributed by atoms with van der Waals surface area (Å²) in [7, 11) is 2.36. The minimum Gasteiger partial charge on any atom is -0.314 e. The second-order valence-electron chi connectivity index (χ2n) is 5.56. The van der Waals surface area contributed by atoms with E-state index in [1.54, 1.807) is 0 Å². The van der Waals surface area contributed by atoms with E-state index in [2.05, 4.69) is 17.3 Å². The van der Waals surface area contributed by atoms with Gasteiger partial charge in [0.15, 0.2) is 0 Å². The largest absolute Gasteiger partial charge is 0.314 e. The fourth-order valence-corrected chi connectivity index (χ4v) is 3.67. The molecule has 80 valence electrons. The average molecular weight is 194 g/mol. The van der Waals surface area contributed by atoms with Gasteiger partial charge in [-0.1, -0.05) is 12.8 Å². The Labute approximate surface area is 87.0 Å². The first-order valence-corrected chi connectivity index (χ1v) is 6.27. The molecule has 0 amide bonds. The summed E-state index contributed by atoms with van der Waals surface area (Å²) in [6.07, 6.45) is 7.58. The summed E-state index contributed by atoms with van der Waals surface area (Å²) in [6, 6.07) is 1.77. The average Bonchev–Trinajstić information content (AvgIpc) is 2.17. The van der Waals surface area contributed by atoms with Crippen molar-refractivity contribution < 1.29 is 0 Å². The monoisotopic (exact) mass is 194 g/mol. The van der Waals surface area contributed by atoms with E-state index in [0.29, 0.717) is 0 Å². The predicted molar refractivity (Wildman–Crippen MR) is 58.3 cm³/mol. The zero-order chi connectivity index (χ0) is 9.54. The van der Waals surface area contributed by atoms with Crippen LogP contribution in [-0.4, -0.2) is 37.1 Å². The molecule has 2 nitrogen and oxygen atoms in total. The van der Waals surface area contributed by atoms with Crippen molar-refractivity contribution in [1.29, 1.82) is 0 Å². The van der Waals surface area contributed by atoms with Gasteiger partial charge in [0.1, 0.15) is 0 Å². The van der Waals surface area contributed by atoms with E-state index in [1.807, 2.05) is 0 Å². The van der Waals surface area contributed by atoms with E-state index >= 15 is 0 Å². The zero-order valence-corrected chi connectivity index (χ0v) is 9.21. The van der Waals surface area contributed by atoms with Crippen LogP contribution in [0.2, 0.25) is 0 Å². The highest BCUT2D eigenvalue weighted by Crippen LogP contribution is 2.43. The van der Waals surface area contributed by atoms with Crippen LogP contribution in [0.15, 0.2) is 0 Å². The maximum Gasteiger partial charge on any atom is 0.0345 e. The van der Waals surface area contributed by atoms with Crippen LogP contribution < -0.4 is 5.32 Å². The van der Waals surface area contributed by atoms with Crippen LogP contribution in [0.1, 0.15) is 32.1 Å². The SMILES string of the molecule is CN(C1CNC1)C1CC2CCC1CC2. The molecular formula is C12H22N2. The molecule has 4 rings (SSSR count). The Morgan fingerprint density at radius 1 is 1.07 bits per heavy atom. The van der Waals surface area contributed by atoms with E-state index in [1.165, 1.54) is 45.2 Å². The van der Waals surface area contributed by atoms with Crippen molar-refractivity contribution >= 4 is 0 Å². The molecule has 1 aliphatic heterocycles. The quantitative estimate of drug-likeness (QED) is 0.716. The summed E-state index contributed by atoms with van der Waals surface area (Å²) >= 11 is 0. The van der Waals surface area contributed by atoms with Crippen LogP contribution in [-0.2, 0) is 0 Å². The van der Waals surface area contributed by atoms with Crippen LogP contribution in [0.4, 0.5) is 0 Å². The van der Waals surface area contributed by atoms with Crippen LogP contribution in [0.3, 0.4) is 0 Å². The topological polar surface area (TPSA) is 15.3 Å². The predicted octanol–water partition coefficient (Wildman–Crippen LogP) is 1.47. The molecule has 3 saturated carbocycles. The zero-order valence-electron chi connectivity index (χ0n) is 9.21. The molecule has 0 aromatic heterocycles. The lowest BCUT2D eigenvalue weighted by Gasteiger charge is -2.50. The Bertz CT molecular complexity index is 204. The molecule has 1 heterocycles. The Morgan fingerprint density at radius 2 is 1.79 bits per heavy atom. The molecule has 3 aliphatic carbocycles. The molecule has 0 radical (unpaired) electrons. The summed E-state index contributed by atoms with van der Waals surface area (Å²) in [5.74, 6) is 2.10. The lowest BCUT2D eigenvalue weighted by molar-refractivity contribution is 0.0120. The standard InChI is InChI=1S/C12H22N2/c1-14(11-7-13-8-11)12-6-9-2-4-10(12)5-3-9/h9-13H,2-8H2,1H3. The Kier molecular flexibility index (Phi) is 2.29. The molecule has 4 fully saturated rings. The molecule has 2 bridgehead atoms. The number of fused-ring (bicyclic) bond motifs is 3. The molecule has 1 N–H and O–H groups in total. The Morgan fingerprint density at radius 3 is 2.21 bits per heavy atom. The van der Waals surface area contributed by atoms with Crippen LogP contribution in [0, 0.1) is 11.8 Å². The number of hydrogen-bond acceptors (Lipinski definition) is 2. The van der Waals surface area contributed by atoms with Gasteiger partial charge in [-0.15, -0.1) is 0 Å². The van der Waals surface area contributed by atoms with Gasteiger partial charge < -0.3 is 5.32 Å². The van der Waals surface area contributed by atoms with Gasteiger partial charge in [-0.2, -0.15) is 0 Å². The number of nitrogens with zero attached hydrogens (tertiary/aromatic N) is 1. The van der Waals surface area contributed by atoms with Crippen LogP contribution in [0.25, 0.3) is 0 Å². The minimum atomic E-state index is 0.847. The molecule has 1 saturated heterocycles. The second-order valence-corrected chi connectivity index (χ2v) is 5.56. The lowest BCUT2D eigenvalue weighted by atomic mass is 9.67. The summed E-state index contributed by atoms with van der Waals surface area (Å²) in [4.78, 5) is 2.69. The van der Waals surface area contributed by atoms with Gasteiger partial charge in [-0.25, -0.2) is 0 Å². The van der Waals surface area contributed by atoms with E-state index in [4.69, 9.17) is 0 Å². The van der Waals surface area contributed by atoms with Gasteiger partial charge in [0.25, 0.3) is 0 Å². The maximum atomic E-state index is 3.38. The fourth-order valence-electron chi connectivity index (χ4n) is 3.67. The van der Waals surface area contributed by atoms with Crippen molar-refractivity contribution in [3.63, 3.8) is 0 Å². The highest BCUT2D eigenvalue weighted by molar-refractivity contribution is 4.95. The smallest absolute Gasteiger partial charge is 0.0345 e. The molecule has 4 aliphatic rings. The van der Waals surface area contributed by atoms with Crippen LogP contribution in [0.5, 0.6) is 0 Å². The van der Waals surface area contributed by atoms with Gasteiger partial charge in [0, 0.05) is 25.2 Å². The third kappa shape index (κ3) is 1.40. The molecule has 0 spiro atoms. The summed E-state index contributed by atoms with van der Waals surface area (Å²) in [5, 5.41) is 3.38. The lowest BCUT2D eigenvalue weighted by Crippen LogP contribution is -2.61. The second kappa shape index (κ2) is 3.49. The normalized spacial score (nSPS) is 42.9. The van der Waals surface area contributed by atoms with E-state index in [0.717, 1.165) is 23.9 Å². The number of rotatable bonds is 2. The minimum absolute atomic E-state index is 0.847. The highest BCUT2D eigenvalue weighted by Gasteiger charge is 2.40. The van der Waals surface area contributed by atoms with E-state index < -0.39 is 0 Å². The number of hydrogen-bond donors (Lipinski definition) is 1. The van der Waals surface area contributed by atoms with Gasteiger partial charge in [0.05, 0.1) is 0 Å². The van der Waals surface area contributed by atoms with E-state index in [9.17, 15) is 0 Å². The molecule has 14 heavy (non-hydrogen) atoms. The highest BCUT2D eigenvalue weighted by atomic mass is 15.2. The third-order valence-electron chi connectivity index (χ3n) is 4.87. The van der Waals surface area contributed by atoms with Crippen molar-refractivity contribution in [1.82, 2.24) is 10.2 Å². The third-order valence-corrected chi connectivity index (χ3v) is 4.87. The first-order chi connectivity index (χ1) is 6.84.